The molecule has 0 heterocycles. The van der Waals surface area contributed by atoms with Crippen molar-refractivity contribution >= 4 is 5.96 Å². The summed E-state index contributed by atoms with van der Waals surface area (Å²) in [6.07, 6.45) is 8.06. The zero-order valence-corrected chi connectivity index (χ0v) is 18.4. The van der Waals surface area contributed by atoms with Crippen molar-refractivity contribution in [3.63, 3.8) is 0 Å². The van der Waals surface area contributed by atoms with E-state index in [1.165, 1.54) is 38.5 Å². The van der Waals surface area contributed by atoms with Gasteiger partial charge in [-0.25, -0.2) is 4.99 Å². The van der Waals surface area contributed by atoms with Crippen LogP contribution in [0.5, 0.6) is 17.2 Å². The Morgan fingerprint density at radius 2 is 1.62 bits per heavy atom. The molecule has 0 unspecified atom stereocenters. The molecule has 0 bridgehead atoms. The van der Waals surface area contributed by atoms with Crippen LogP contribution in [0.25, 0.3) is 0 Å². The maximum atomic E-state index is 6.05. The highest BCUT2D eigenvalue weighted by molar-refractivity contribution is 5.79. The SMILES string of the molecule is CCNC(=NCc1cc(OC)c(OC)c(OC)c1)NCCOC1CCCCCC1. The van der Waals surface area contributed by atoms with E-state index in [1.807, 2.05) is 12.1 Å². The molecule has 0 aliphatic heterocycles. The Balaban J connectivity index is 1.90. The van der Waals surface area contributed by atoms with E-state index >= 15 is 0 Å². The van der Waals surface area contributed by atoms with E-state index in [1.54, 1.807) is 21.3 Å². The first kappa shape index (κ1) is 23.1. The Hall–Kier alpha value is -2.15. The van der Waals surface area contributed by atoms with Gasteiger partial charge in [-0.3, -0.25) is 0 Å². The van der Waals surface area contributed by atoms with Crippen molar-refractivity contribution in [2.45, 2.75) is 58.1 Å². The number of hydrogen-bond acceptors (Lipinski definition) is 5. The first-order valence-corrected chi connectivity index (χ1v) is 10.6. The molecule has 1 aromatic rings. The van der Waals surface area contributed by atoms with E-state index in [9.17, 15) is 0 Å². The number of guanidine groups is 1. The molecule has 1 aromatic carbocycles. The Labute approximate surface area is 175 Å². The number of methoxy groups -OCH3 is 3. The van der Waals surface area contributed by atoms with Gasteiger partial charge in [0.15, 0.2) is 17.5 Å². The van der Waals surface area contributed by atoms with Crippen molar-refractivity contribution in [1.29, 1.82) is 0 Å². The normalized spacial score (nSPS) is 15.5. The summed E-state index contributed by atoms with van der Waals surface area (Å²) in [6.45, 7) is 4.77. The van der Waals surface area contributed by atoms with Crippen LogP contribution in [0.15, 0.2) is 17.1 Å². The highest BCUT2D eigenvalue weighted by Gasteiger charge is 2.14. The molecule has 1 aliphatic rings. The number of benzene rings is 1. The Kier molecular flexibility index (Phi) is 10.5. The average molecular weight is 408 g/mol. The van der Waals surface area contributed by atoms with Gasteiger partial charge >= 0.3 is 0 Å². The molecule has 0 amide bonds. The highest BCUT2D eigenvalue weighted by atomic mass is 16.5. The summed E-state index contributed by atoms with van der Waals surface area (Å²) < 4.78 is 22.3. The van der Waals surface area contributed by atoms with Crippen LogP contribution in [0.4, 0.5) is 0 Å². The Morgan fingerprint density at radius 3 is 2.17 bits per heavy atom. The lowest BCUT2D eigenvalue weighted by Gasteiger charge is -2.17. The molecular formula is C22H37N3O4. The number of ether oxygens (including phenoxy) is 4. The van der Waals surface area contributed by atoms with Crippen molar-refractivity contribution in [2.75, 3.05) is 41.0 Å². The molecule has 2 N–H and O–H groups in total. The van der Waals surface area contributed by atoms with Gasteiger partial charge in [0.2, 0.25) is 5.75 Å². The quantitative estimate of drug-likeness (QED) is 0.268. The second-order valence-corrected chi connectivity index (χ2v) is 7.14. The number of rotatable bonds is 10. The van der Waals surface area contributed by atoms with Crippen LogP contribution in [0.2, 0.25) is 0 Å². The van der Waals surface area contributed by atoms with Crippen LogP contribution < -0.4 is 24.8 Å². The summed E-state index contributed by atoms with van der Waals surface area (Å²) in [6, 6.07) is 3.84. The molecule has 0 aromatic heterocycles. The molecule has 1 saturated carbocycles. The molecule has 1 aliphatic carbocycles. The highest BCUT2D eigenvalue weighted by Crippen LogP contribution is 2.38. The summed E-state index contributed by atoms with van der Waals surface area (Å²) >= 11 is 0. The zero-order chi connectivity index (χ0) is 20.9. The third kappa shape index (κ3) is 7.65. The molecule has 1 fully saturated rings. The molecule has 7 nitrogen and oxygen atoms in total. The van der Waals surface area contributed by atoms with Crippen molar-refractivity contribution < 1.29 is 18.9 Å². The molecule has 164 valence electrons. The fraction of sp³-hybridized carbons (Fsp3) is 0.682. The fourth-order valence-corrected chi connectivity index (χ4v) is 3.54. The standard InChI is InChI=1S/C22H37N3O4/c1-5-23-22(24-12-13-29-18-10-8-6-7-9-11-18)25-16-17-14-19(26-2)21(28-4)20(15-17)27-3/h14-15,18H,5-13,16H2,1-4H3,(H2,23,24,25). The summed E-state index contributed by atoms with van der Waals surface area (Å²) in [4.78, 5) is 4.68. The molecule has 2 rings (SSSR count). The van der Waals surface area contributed by atoms with Crippen LogP contribution >= 0.6 is 0 Å². The van der Waals surface area contributed by atoms with E-state index in [4.69, 9.17) is 18.9 Å². The van der Waals surface area contributed by atoms with Crippen LogP contribution in [0.3, 0.4) is 0 Å². The topological polar surface area (TPSA) is 73.3 Å². The predicted octanol–water partition coefficient (Wildman–Crippen LogP) is 3.51. The maximum Gasteiger partial charge on any atom is 0.203 e. The van der Waals surface area contributed by atoms with Gasteiger partial charge in [0.1, 0.15) is 0 Å². The second kappa shape index (κ2) is 13.1. The average Bonchev–Trinajstić information content (AvgIpc) is 3.02. The number of hydrogen-bond donors (Lipinski definition) is 2. The molecular weight excluding hydrogens is 370 g/mol. The van der Waals surface area contributed by atoms with E-state index in [0.29, 0.717) is 36.5 Å². The zero-order valence-electron chi connectivity index (χ0n) is 18.4. The summed E-state index contributed by atoms with van der Waals surface area (Å²) in [5.41, 5.74) is 0.978. The summed E-state index contributed by atoms with van der Waals surface area (Å²) in [5.74, 6) is 2.62. The van der Waals surface area contributed by atoms with Crippen molar-refractivity contribution in [3.05, 3.63) is 17.7 Å². The fourth-order valence-electron chi connectivity index (χ4n) is 3.54. The third-order valence-electron chi connectivity index (χ3n) is 5.04. The molecule has 0 saturated heterocycles. The van der Waals surface area contributed by atoms with Crippen LogP contribution in [0, 0.1) is 0 Å². The van der Waals surface area contributed by atoms with Gasteiger partial charge in [0, 0.05) is 13.1 Å². The first-order valence-electron chi connectivity index (χ1n) is 10.6. The van der Waals surface area contributed by atoms with E-state index in [2.05, 4.69) is 22.5 Å². The van der Waals surface area contributed by atoms with Crippen LogP contribution in [0.1, 0.15) is 51.0 Å². The lowest BCUT2D eigenvalue weighted by molar-refractivity contribution is 0.0468. The predicted molar refractivity (Wildman–Crippen MR) is 116 cm³/mol. The van der Waals surface area contributed by atoms with Crippen molar-refractivity contribution in [2.24, 2.45) is 4.99 Å². The minimum Gasteiger partial charge on any atom is -0.493 e. The van der Waals surface area contributed by atoms with Crippen molar-refractivity contribution in [3.8, 4) is 17.2 Å². The smallest absolute Gasteiger partial charge is 0.203 e. The monoisotopic (exact) mass is 407 g/mol. The van der Waals surface area contributed by atoms with Crippen LogP contribution in [-0.4, -0.2) is 53.1 Å². The van der Waals surface area contributed by atoms with Gasteiger partial charge in [-0.2, -0.15) is 0 Å². The Morgan fingerprint density at radius 1 is 0.966 bits per heavy atom. The largest absolute Gasteiger partial charge is 0.493 e. The van der Waals surface area contributed by atoms with Gasteiger partial charge in [-0.05, 0) is 37.5 Å². The molecule has 29 heavy (non-hydrogen) atoms. The number of aliphatic imine (C=N–C) groups is 1. The van der Waals surface area contributed by atoms with Crippen LogP contribution in [-0.2, 0) is 11.3 Å². The Bertz CT molecular complexity index is 603. The van der Waals surface area contributed by atoms with Crippen molar-refractivity contribution in [1.82, 2.24) is 10.6 Å². The lowest BCUT2D eigenvalue weighted by atomic mass is 10.1. The minimum absolute atomic E-state index is 0.415. The molecule has 7 heteroatoms. The van der Waals surface area contributed by atoms with Gasteiger partial charge in [0.25, 0.3) is 0 Å². The third-order valence-corrected chi connectivity index (χ3v) is 5.04. The lowest BCUT2D eigenvalue weighted by Crippen LogP contribution is -2.39. The summed E-state index contributed by atoms with van der Waals surface area (Å²) in [5, 5.41) is 6.63. The summed E-state index contributed by atoms with van der Waals surface area (Å²) in [7, 11) is 4.83. The number of nitrogens with zero attached hydrogens (tertiary/aromatic N) is 1. The number of nitrogens with one attached hydrogen (secondary N) is 2. The van der Waals surface area contributed by atoms with Gasteiger partial charge in [-0.15, -0.1) is 0 Å². The van der Waals surface area contributed by atoms with E-state index < -0.39 is 0 Å². The molecule has 0 radical (unpaired) electrons. The second-order valence-electron chi connectivity index (χ2n) is 7.14. The van der Waals surface area contributed by atoms with Gasteiger partial charge in [-0.1, -0.05) is 25.7 Å². The molecule has 0 atom stereocenters. The van der Waals surface area contributed by atoms with E-state index in [0.717, 1.165) is 24.6 Å². The maximum absolute atomic E-state index is 6.05. The minimum atomic E-state index is 0.415. The van der Waals surface area contributed by atoms with Gasteiger partial charge < -0.3 is 29.6 Å². The van der Waals surface area contributed by atoms with E-state index in [-0.39, 0.29) is 0 Å². The molecule has 0 spiro atoms. The van der Waals surface area contributed by atoms with Gasteiger partial charge in [0.05, 0.1) is 40.6 Å². The first-order chi connectivity index (χ1) is 14.2.